The molecule has 0 saturated carbocycles. The van der Waals surface area contributed by atoms with Crippen molar-refractivity contribution in [3.05, 3.63) is 54.1 Å². The van der Waals surface area contributed by atoms with E-state index >= 15 is 0 Å². The molecule has 2 aromatic rings. The molecule has 1 aliphatic heterocycles. The van der Waals surface area contributed by atoms with Crippen molar-refractivity contribution in [2.75, 3.05) is 19.6 Å². The molecular weight excluding hydrogens is 262 g/mol. The van der Waals surface area contributed by atoms with Crippen molar-refractivity contribution in [1.82, 2.24) is 14.9 Å². The van der Waals surface area contributed by atoms with Crippen LogP contribution in [0.1, 0.15) is 37.1 Å². The van der Waals surface area contributed by atoms with Crippen LogP contribution in [-0.4, -0.2) is 39.6 Å². The first kappa shape index (κ1) is 14.3. The number of aliphatic hydroxyl groups is 1. The number of benzene rings is 1. The number of imidazole rings is 1. The molecule has 1 aromatic heterocycles. The molecular formula is C17H23N3O. The topological polar surface area (TPSA) is 52.1 Å². The molecule has 112 valence electrons. The van der Waals surface area contributed by atoms with Gasteiger partial charge in [0.1, 0.15) is 11.4 Å². The zero-order valence-corrected chi connectivity index (χ0v) is 12.3. The molecule has 0 amide bonds. The van der Waals surface area contributed by atoms with E-state index in [4.69, 9.17) is 0 Å². The van der Waals surface area contributed by atoms with E-state index in [0.717, 1.165) is 25.2 Å². The number of H-pyrrole nitrogens is 1. The van der Waals surface area contributed by atoms with E-state index in [1.807, 2.05) is 30.3 Å². The molecule has 0 spiro atoms. The van der Waals surface area contributed by atoms with E-state index in [0.29, 0.717) is 12.2 Å². The minimum absolute atomic E-state index is 0.630. The number of piperidine rings is 1. The molecule has 3 rings (SSSR count). The molecule has 2 heterocycles. The summed E-state index contributed by atoms with van der Waals surface area (Å²) in [6, 6.07) is 9.84. The number of hydrogen-bond donors (Lipinski definition) is 2. The lowest BCUT2D eigenvalue weighted by Crippen LogP contribution is -2.37. The fourth-order valence-corrected chi connectivity index (χ4v) is 3.11. The Morgan fingerprint density at radius 3 is 2.57 bits per heavy atom. The maximum atomic E-state index is 11.3. The van der Waals surface area contributed by atoms with Gasteiger partial charge in [0.05, 0.1) is 0 Å². The van der Waals surface area contributed by atoms with Gasteiger partial charge in [0.15, 0.2) is 0 Å². The highest BCUT2D eigenvalue weighted by molar-refractivity contribution is 5.29. The molecule has 2 N–H and O–H groups in total. The molecule has 0 radical (unpaired) electrons. The number of rotatable bonds is 5. The highest BCUT2D eigenvalue weighted by Crippen LogP contribution is 2.31. The van der Waals surface area contributed by atoms with Crippen LogP contribution >= 0.6 is 0 Å². The molecule has 4 nitrogen and oxygen atoms in total. The van der Waals surface area contributed by atoms with Crippen molar-refractivity contribution in [2.24, 2.45) is 0 Å². The van der Waals surface area contributed by atoms with Crippen LogP contribution in [0.15, 0.2) is 42.7 Å². The third-order valence-corrected chi connectivity index (χ3v) is 4.38. The first-order valence-corrected chi connectivity index (χ1v) is 7.79. The number of likely N-dealkylation sites (tertiary alicyclic amines) is 1. The molecule has 0 bridgehead atoms. The van der Waals surface area contributed by atoms with Crippen LogP contribution in [0.3, 0.4) is 0 Å². The number of nitrogens with one attached hydrogen (secondary N) is 1. The van der Waals surface area contributed by atoms with Crippen molar-refractivity contribution in [2.45, 2.75) is 31.3 Å². The fraction of sp³-hybridized carbons (Fsp3) is 0.471. The van der Waals surface area contributed by atoms with E-state index < -0.39 is 5.60 Å². The summed E-state index contributed by atoms with van der Waals surface area (Å²) in [7, 11) is 0. The SMILES string of the molecule is OC(CCN1CCCCC1)(c1ccccc1)c1ncc[nH]1. The summed E-state index contributed by atoms with van der Waals surface area (Å²) in [6.07, 6.45) is 7.99. The second kappa shape index (κ2) is 6.41. The van der Waals surface area contributed by atoms with Gasteiger partial charge < -0.3 is 15.0 Å². The smallest absolute Gasteiger partial charge is 0.148 e. The van der Waals surface area contributed by atoms with Gasteiger partial charge in [-0.2, -0.15) is 0 Å². The summed E-state index contributed by atoms with van der Waals surface area (Å²) in [6.45, 7) is 3.18. The van der Waals surface area contributed by atoms with E-state index in [-0.39, 0.29) is 0 Å². The normalized spacial score (nSPS) is 19.3. The van der Waals surface area contributed by atoms with Crippen LogP contribution < -0.4 is 0 Å². The molecule has 1 atom stereocenters. The van der Waals surface area contributed by atoms with Crippen LogP contribution in [0.25, 0.3) is 0 Å². The van der Waals surface area contributed by atoms with Crippen LogP contribution in [-0.2, 0) is 5.60 Å². The summed E-state index contributed by atoms with van der Waals surface area (Å²) < 4.78 is 0. The minimum Gasteiger partial charge on any atom is -0.377 e. The lowest BCUT2D eigenvalue weighted by Gasteiger charge is -2.32. The zero-order valence-electron chi connectivity index (χ0n) is 12.3. The fourth-order valence-electron chi connectivity index (χ4n) is 3.11. The number of nitrogens with zero attached hydrogens (tertiary/aromatic N) is 2. The first-order chi connectivity index (χ1) is 10.3. The van der Waals surface area contributed by atoms with Gasteiger partial charge in [-0.05, 0) is 31.5 Å². The molecule has 0 aliphatic carbocycles. The average Bonchev–Trinajstić information content (AvgIpc) is 3.09. The predicted octanol–water partition coefficient (Wildman–Crippen LogP) is 2.52. The van der Waals surface area contributed by atoms with Gasteiger partial charge >= 0.3 is 0 Å². The molecule has 4 heteroatoms. The van der Waals surface area contributed by atoms with Crippen molar-refractivity contribution >= 4 is 0 Å². The number of aromatic nitrogens is 2. The summed E-state index contributed by atoms with van der Waals surface area (Å²) in [5.74, 6) is 0.630. The van der Waals surface area contributed by atoms with E-state index in [9.17, 15) is 5.11 Å². The monoisotopic (exact) mass is 285 g/mol. The van der Waals surface area contributed by atoms with Gasteiger partial charge in [0.2, 0.25) is 0 Å². The Morgan fingerprint density at radius 2 is 1.90 bits per heavy atom. The third kappa shape index (κ3) is 3.17. The largest absolute Gasteiger partial charge is 0.377 e. The molecule has 21 heavy (non-hydrogen) atoms. The lowest BCUT2D eigenvalue weighted by molar-refractivity contribution is 0.0470. The second-order valence-electron chi connectivity index (χ2n) is 5.82. The highest BCUT2D eigenvalue weighted by atomic mass is 16.3. The van der Waals surface area contributed by atoms with Gasteiger partial charge in [-0.25, -0.2) is 4.98 Å². The Morgan fingerprint density at radius 1 is 1.14 bits per heavy atom. The van der Waals surface area contributed by atoms with E-state index in [1.54, 1.807) is 12.4 Å². The third-order valence-electron chi connectivity index (χ3n) is 4.38. The van der Waals surface area contributed by atoms with Crippen molar-refractivity contribution < 1.29 is 5.11 Å². The Labute approximate surface area is 125 Å². The quantitative estimate of drug-likeness (QED) is 0.887. The van der Waals surface area contributed by atoms with E-state index in [1.165, 1.54) is 19.3 Å². The van der Waals surface area contributed by atoms with Crippen molar-refractivity contribution in [3.63, 3.8) is 0 Å². The second-order valence-corrected chi connectivity index (χ2v) is 5.82. The maximum Gasteiger partial charge on any atom is 0.148 e. The molecule has 1 unspecified atom stereocenters. The van der Waals surface area contributed by atoms with Crippen molar-refractivity contribution in [1.29, 1.82) is 0 Å². The first-order valence-electron chi connectivity index (χ1n) is 7.79. The molecule has 1 saturated heterocycles. The van der Waals surface area contributed by atoms with Crippen LogP contribution in [0.2, 0.25) is 0 Å². The summed E-state index contributed by atoms with van der Waals surface area (Å²) in [5, 5.41) is 11.3. The predicted molar refractivity (Wildman–Crippen MR) is 82.9 cm³/mol. The van der Waals surface area contributed by atoms with Crippen LogP contribution in [0.4, 0.5) is 0 Å². The lowest BCUT2D eigenvalue weighted by atomic mass is 9.89. The Bertz CT molecular complexity index is 534. The van der Waals surface area contributed by atoms with Crippen LogP contribution in [0.5, 0.6) is 0 Å². The number of aromatic amines is 1. The molecule has 1 aliphatic rings. The maximum absolute atomic E-state index is 11.3. The van der Waals surface area contributed by atoms with Gasteiger partial charge in [-0.1, -0.05) is 36.8 Å². The summed E-state index contributed by atoms with van der Waals surface area (Å²) in [4.78, 5) is 9.83. The average molecular weight is 285 g/mol. The Kier molecular flexibility index (Phi) is 4.36. The van der Waals surface area contributed by atoms with Crippen LogP contribution in [0, 0.1) is 0 Å². The van der Waals surface area contributed by atoms with Gasteiger partial charge in [0.25, 0.3) is 0 Å². The molecule has 1 fully saturated rings. The van der Waals surface area contributed by atoms with Gasteiger partial charge in [-0.15, -0.1) is 0 Å². The Hall–Kier alpha value is -1.65. The Balaban J connectivity index is 1.79. The minimum atomic E-state index is -1.04. The molecule has 1 aromatic carbocycles. The highest BCUT2D eigenvalue weighted by Gasteiger charge is 2.34. The summed E-state index contributed by atoms with van der Waals surface area (Å²) in [5.41, 5.74) is -0.140. The van der Waals surface area contributed by atoms with E-state index in [2.05, 4.69) is 14.9 Å². The summed E-state index contributed by atoms with van der Waals surface area (Å²) >= 11 is 0. The number of hydrogen-bond acceptors (Lipinski definition) is 3. The van der Waals surface area contributed by atoms with Gasteiger partial charge in [-0.3, -0.25) is 0 Å². The van der Waals surface area contributed by atoms with Gasteiger partial charge in [0, 0.05) is 25.4 Å². The zero-order chi connectivity index (χ0) is 14.5. The van der Waals surface area contributed by atoms with Crippen molar-refractivity contribution in [3.8, 4) is 0 Å². The standard InChI is InChI=1S/C17H23N3O/c21-17(16-18-10-11-19-16,15-7-3-1-4-8-15)9-14-20-12-5-2-6-13-20/h1,3-4,7-8,10-11,21H,2,5-6,9,12-14H2,(H,18,19).